The van der Waals surface area contributed by atoms with E-state index in [4.69, 9.17) is 15.2 Å². The molecule has 1 saturated heterocycles. The van der Waals surface area contributed by atoms with Crippen molar-refractivity contribution in [2.24, 2.45) is 5.73 Å². The lowest BCUT2D eigenvalue weighted by molar-refractivity contribution is -0.119. The van der Waals surface area contributed by atoms with E-state index < -0.39 is 11.4 Å². The van der Waals surface area contributed by atoms with Crippen LogP contribution in [-0.4, -0.2) is 31.6 Å². The van der Waals surface area contributed by atoms with E-state index in [0.717, 1.165) is 10.0 Å². The van der Waals surface area contributed by atoms with Gasteiger partial charge in [-0.25, -0.2) is 0 Å². The first-order valence-electron chi connectivity index (χ1n) is 8.66. The molecule has 0 bridgehead atoms. The quantitative estimate of drug-likeness (QED) is 0.733. The molecule has 0 saturated carbocycles. The molecular weight excluding hydrogens is 412 g/mol. The molecular formula is C20H21BrN2O4. The molecule has 1 aliphatic heterocycles. The molecule has 7 heteroatoms. The fraction of sp³-hybridized carbons (Fsp3) is 0.300. The van der Waals surface area contributed by atoms with Gasteiger partial charge in [-0.2, -0.15) is 0 Å². The molecule has 1 heterocycles. The number of rotatable bonds is 6. The molecule has 3 rings (SSSR count). The zero-order valence-corrected chi connectivity index (χ0v) is 16.3. The fourth-order valence-corrected chi connectivity index (χ4v) is 3.54. The number of primary amides is 1. The van der Waals surface area contributed by atoms with Gasteiger partial charge in [-0.15, -0.1) is 0 Å². The SMILES string of the molecule is NC(=O)COc1ccc(C(=O)NC2(c3cccc(Br)c3)CCOCC2)cc1. The van der Waals surface area contributed by atoms with Crippen LogP contribution in [0.2, 0.25) is 0 Å². The molecule has 1 aliphatic rings. The number of hydrogen-bond acceptors (Lipinski definition) is 4. The van der Waals surface area contributed by atoms with E-state index in [0.29, 0.717) is 37.4 Å². The van der Waals surface area contributed by atoms with Gasteiger partial charge in [0.25, 0.3) is 11.8 Å². The highest BCUT2D eigenvalue weighted by molar-refractivity contribution is 9.10. The molecule has 1 fully saturated rings. The summed E-state index contributed by atoms with van der Waals surface area (Å²) in [6.07, 6.45) is 1.41. The number of halogens is 1. The van der Waals surface area contributed by atoms with Crippen molar-refractivity contribution in [3.63, 3.8) is 0 Å². The fourth-order valence-electron chi connectivity index (χ4n) is 3.14. The third kappa shape index (κ3) is 4.87. The van der Waals surface area contributed by atoms with Crippen LogP contribution < -0.4 is 15.8 Å². The maximum atomic E-state index is 12.9. The van der Waals surface area contributed by atoms with Crippen molar-refractivity contribution in [2.45, 2.75) is 18.4 Å². The summed E-state index contributed by atoms with van der Waals surface area (Å²) in [6.45, 7) is 0.983. The Bertz CT molecular complexity index is 817. The van der Waals surface area contributed by atoms with Crippen LogP contribution in [0.3, 0.4) is 0 Å². The Balaban J connectivity index is 1.77. The highest BCUT2D eigenvalue weighted by Crippen LogP contribution is 2.34. The van der Waals surface area contributed by atoms with Gasteiger partial charge in [-0.05, 0) is 54.8 Å². The minimum Gasteiger partial charge on any atom is -0.484 e. The second kappa shape index (κ2) is 8.54. The normalized spacial score (nSPS) is 15.7. The van der Waals surface area contributed by atoms with Crippen LogP contribution in [0.5, 0.6) is 5.75 Å². The van der Waals surface area contributed by atoms with Crippen LogP contribution in [0.4, 0.5) is 0 Å². The largest absolute Gasteiger partial charge is 0.484 e. The van der Waals surface area contributed by atoms with E-state index in [9.17, 15) is 9.59 Å². The van der Waals surface area contributed by atoms with Gasteiger partial charge in [0.15, 0.2) is 6.61 Å². The van der Waals surface area contributed by atoms with Gasteiger partial charge < -0.3 is 20.5 Å². The average molecular weight is 433 g/mol. The van der Waals surface area contributed by atoms with Crippen LogP contribution in [0.15, 0.2) is 53.0 Å². The second-order valence-corrected chi connectivity index (χ2v) is 7.35. The van der Waals surface area contributed by atoms with E-state index in [1.807, 2.05) is 24.3 Å². The molecule has 2 aromatic rings. The van der Waals surface area contributed by atoms with Crippen LogP contribution >= 0.6 is 15.9 Å². The molecule has 0 atom stereocenters. The van der Waals surface area contributed by atoms with Gasteiger partial charge >= 0.3 is 0 Å². The van der Waals surface area contributed by atoms with Crippen LogP contribution in [-0.2, 0) is 15.1 Å². The Morgan fingerprint density at radius 1 is 1.15 bits per heavy atom. The lowest BCUT2D eigenvalue weighted by Gasteiger charge is -2.38. The van der Waals surface area contributed by atoms with Crippen LogP contribution in [0.1, 0.15) is 28.8 Å². The summed E-state index contributed by atoms with van der Waals surface area (Å²) in [5.41, 5.74) is 6.16. The monoisotopic (exact) mass is 432 g/mol. The Morgan fingerprint density at radius 2 is 1.85 bits per heavy atom. The van der Waals surface area contributed by atoms with E-state index in [2.05, 4.69) is 21.2 Å². The summed E-state index contributed by atoms with van der Waals surface area (Å²) in [4.78, 5) is 23.7. The van der Waals surface area contributed by atoms with Gasteiger partial charge in [0.2, 0.25) is 0 Å². The lowest BCUT2D eigenvalue weighted by Crippen LogP contribution is -2.49. The first-order chi connectivity index (χ1) is 13.0. The van der Waals surface area contributed by atoms with Gasteiger partial charge in [0.05, 0.1) is 5.54 Å². The van der Waals surface area contributed by atoms with Gasteiger partial charge in [-0.3, -0.25) is 9.59 Å². The standard InChI is InChI=1S/C20H21BrN2O4/c21-16-3-1-2-15(12-16)20(8-10-26-11-9-20)23-19(25)14-4-6-17(7-5-14)27-13-18(22)24/h1-7,12H,8-11,13H2,(H2,22,24)(H,23,25). The Kier molecular flexibility index (Phi) is 6.13. The minimum absolute atomic E-state index is 0.168. The molecule has 142 valence electrons. The summed E-state index contributed by atoms with van der Waals surface area (Å²) in [6, 6.07) is 14.6. The smallest absolute Gasteiger partial charge is 0.255 e. The molecule has 0 unspecified atom stereocenters. The average Bonchev–Trinajstić information content (AvgIpc) is 2.67. The Morgan fingerprint density at radius 3 is 2.48 bits per heavy atom. The van der Waals surface area contributed by atoms with Crippen molar-refractivity contribution in [1.82, 2.24) is 5.32 Å². The van der Waals surface area contributed by atoms with Gasteiger partial charge in [-0.1, -0.05) is 28.1 Å². The first-order valence-corrected chi connectivity index (χ1v) is 9.45. The van der Waals surface area contributed by atoms with Crippen molar-refractivity contribution >= 4 is 27.7 Å². The molecule has 6 nitrogen and oxygen atoms in total. The first kappa shape index (κ1) is 19.4. The zero-order chi connectivity index (χ0) is 19.3. The van der Waals surface area contributed by atoms with E-state index in [-0.39, 0.29) is 12.5 Å². The van der Waals surface area contributed by atoms with E-state index in [1.54, 1.807) is 24.3 Å². The molecule has 0 aromatic heterocycles. The van der Waals surface area contributed by atoms with E-state index in [1.165, 1.54) is 0 Å². The molecule has 27 heavy (non-hydrogen) atoms. The topological polar surface area (TPSA) is 90.7 Å². The van der Waals surface area contributed by atoms with Gasteiger partial charge in [0, 0.05) is 23.2 Å². The van der Waals surface area contributed by atoms with E-state index >= 15 is 0 Å². The van der Waals surface area contributed by atoms with Gasteiger partial charge in [0.1, 0.15) is 5.75 Å². The van der Waals surface area contributed by atoms with Crippen molar-refractivity contribution < 1.29 is 19.1 Å². The summed E-state index contributed by atoms with van der Waals surface area (Å²) >= 11 is 3.51. The van der Waals surface area contributed by atoms with Crippen LogP contribution in [0, 0.1) is 0 Å². The predicted octanol–water partition coefficient (Wildman–Crippen LogP) is 2.75. The number of carbonyl (C=O) groups excluding carboxylic acids is 2. The highest BCUT2D eigenvalue weighted by Gasteiger charge is 2.36. The highest BCUT2D eigenvalue weighted by atomic mass is 79.9. The number of ether oxygens (including phenoxy) is 2. The summed E-state index contributed by atoms with van der Waals surface area (Å²) in [7, 11) is 0. The lowest BCUT2D eigenvalue weighted by atomic mass is 9.82. The number of amides is 2. The number of nitrogens with one attached hydrogen (secondary N) is 1. The number of carbonyl (C=O) groups is 2. The Hall–Kier alpha value is -2.38. The number of benzene rings is 2. The molecule has 0 aliphatic carbocycles. The second-order valence-electron chi connectivity index (χ2n) is 6.44. The van der Waals surface area contributed by atoms with Crippen molar-refractivity contribution in [3.05, 3.63) is 64.1 Å². The molecule has 2 amide bonds. The third-order valence-corrected chi connectivity index (χ3v) is 5.07. The summed E-state index contributed by atoms with van der Waals surface area (Å²) < 4.78 is 11.7. The zero-order valence-electron chi connectivity index (χ0n) is 14.7. The van der Waals surface area contributed by atoms with Crippen molar-refractivity contribution in [2.75, 3.05) is 19.8 Å². The van der Waals surface area contributed by atoms with Crippen molar-refractivity contribution in [3.8, 4) is 5.75 Å². The van der Waals surface area contributed by atoms with Crippen molar-refractivity contribution in [1.29, 1.82) is 0 Å². The molecule has 0 radical (unpaired) electrons. The Labute approximate surface area is 166 Å². The molecule has 3 N–H and O–H groups in total. The summed E-state index contributed by atoms with van der Waals surface area (Å²) in [5.74, 6) is -0.233. The predicted molar refractivity (Wildman–Crippen MR) is 104 cm³/mol. The number of hydrogen-bond donors (Lipinski definition) is 2. The molecule has 0 spiro atoms. The van der Waals surface area contributed by atoms with Crippen LogP contribution in [0.25, 0.3) is 0 Å². The third-order valence-electron chi connectivity index (χ3n) is 4.57. The maximum absolute atomic E-state index is 12.9. The minimum atomic E-state index is -0.549. The number of nitrogens with two attached hydrogens (primary N) is 1. The summed E-state index contributed by atoms with van der Waals surface area (Å²) in [5, 5.41) is 3.21. The maximum Gasteiger partial charge on any atom is 0.255 e. The molecule has 2 aromatic carbocycles.